The molecule has 2 heteroatoms. The molecule has 0 N–H and O–H groups in total. The molecule has 0 saturated carbocycles. The summed E-state index contributed by atoms with van der Waals surface area (Å²) in [6, 6.07) is 8.62. The van der Waals surface area contributed by atoms with Gasteiger partial charge in [-0.05, 0) is 23.7 Å². The summed E-state index contributed by atoms with van der Waals surface area (Å²) in [5.74, 6) is 0. The number of hydrogen-bond acceptors (Lipinski definition) is 0. The van der Waals surface area contributed by atoms with Crippen molar-refractivity contribution in [1.82, 2.24) is 0 Å². The molecule has 1 rings (SSSR count). The third-order valence-corrected chi connectivity index (χ3v) is 2.92. The molecule has 80 valence electrons. The van der Waals surface area contributed by atoms with E-state index in [9.17, 15) is 0 Å². The maximum absolute atomic E-state index is 2.81. The SMILES string of the molecule is Br.CCCCCCc1ccccc1P. The Morgan fingerprint density at radius 2 is 1.79 bits per heavy atom. The number of unbranched alkanes of at least 4 members (excludes halogenated alkanes) is 3. The van der Waals surface area contributed by atoms with Crippen LogP contribution in [0.2, 0.25) is 0 Å². The van der Waals surface area contributed by atoms with Crippen molar-refractivity contribution in [3.8, 4) is 0 Å². The molecule has 14 heavy (non-hydrogen) atoms. The Balaban J connectivity index is 0.00000169. The van der Waals surface area contributed by atoms with E-state index in [0.29, 0.717) is 0 Å². The molecule has 0 heterocycles. The normalized spacial score (nSPS) is 9.57. The molecule has 0 aliphatic rings. The molecule has 0 bridgehead atoms. The van der Waals surface area contributed by atoms with Crippen molar-refractivity contribution in [2.75, 3.05) is 0 Å². The van der Waals surface area contributed by atoms with Crippen LogP contribution in [-0.4, -0.2) is 0 Å². The van der Waals surface area contributed by atoms with Crippen molar-refractivity contribution in [1.29, 1.82) is 0 Å². The number of rotatable bonds is 5. The van der Waals surface area contributed by atoms with Crippen molar-refractivity contribution in [2.45, 2.75) is 39.0 Å². The Morgan fingerprint density at radius 3 is 2.43 bits per heavy atom. The van der Waals surface area contributed by atoms with Gasteiger partial charge in [0, 0.05) is 0 Å². The minimum absolute atomic E-state index is 0. The quantitative estimate of drug-likeness (QED) is 0.565. The fraction of sp³-hybridized carbons (Fsp3) is 0.500. The highest BCUT2D eigenvalue weighted by Crippen LogP contribution is 2.07. The molecule has 0 saturated heterocycles. The van der Waals surface area contributed by atoms with Crippen LogP contribution in [0.1, 0.15) is 38.2 Å². The first kappa shape index (κ1) is 14.1. The van der Waals surface area contributed by atoms with E-state index >= 15 is 0 Å². The minimum atomic E-state index is 0. The molecule has 0 aromatic heterocycles. The Labute approximate surface area is 100 Å². The summed E-state index contributed by atoms with van der Waals surface area (Å²) >= 11 is 0. The largest absolute Gasteiger partial charge is 0.114 e. The predicted octanol–water partition coefficient (Wildman–Crippen LogP) is 3.89. The molecular formula is C12H20BrP. The summed E-state index contributed by atoms with van der Waals surface area (Å²) in [4.78, 5) is 0. The van der Waals surface area contributed by atoms with Gasteiger partial charge in [0.1, 0.15) is 0 Å². The monoisotopic (exact) mass is 274 g/mol. The third kappa shape index (κ3) is 5.12. The van der Waals surface area contributed by atoms with Crippen LogP contribution >= 0.6 is 26.2 Å². The zero-order chi connectivity index (χ0) is 9.52. The average Bonchev–Trinajstić information content (AvgIpc) is 2.15. The highest BCUT2D eigenvalue weighted by Gasteiger charge is 1.95. The number of aryl methyl sites for hydroxylation is 1. The van der Waals surface area contributed by atoms with E-state index in [2.05, 4.69) is 40.4 Å². The standard InChI is InChI=1S/C12H19P.BrH/c1-2-3-4-5-8-11-9-6-7-10-12(11)13;/h6-7,9-10H,2-5,8,13H2,1H3;1H. The van der Waals surface area contributed by atoms with Gasteiger partial charge >= 0.3 is 0 Å². The smallest absolute Gasteiger partial charge is 0.0271 e. The summed E-state index contributed by atoms with van der Waals surface area (Å²) in [6.07, 6.45) is 6.63. The maximum atomic E-state index is 2.81. The molecular weight excluding hydrogens is 255 g/mol. The molecule has 0 aliphatic carbocycles. The van der Waals surface area contributed by atoms with E-state index in [1.54, 1.807) is 0 Å². The summed E-state index contributed by atoms with van der Waals surface area (Å²) < 4.78 is 0. The molecule has 0 spiro atoms. The second kappa shape index (κ2) is 8.44. The van der Waals surface area contributed by atoms with Crippen LogP contribution in [0, 0.1) is 0 Å². The van der Waals surface area contributed by atoms with Gasteiger partial charge in [-0.25, -0.2) is 0 Å². The zero-order valence-corrected chi connectivity index (χ0v) is 11.7. The highest BCUT2D eigenvalue weighted by atomic mass is 79.9. The van der Waals surface area contributed by atoms with Gasteiger partial charge in [-0.1, -0.05) is 50.5 Å². The summed E-state index contributed by atoms with van der Waals surface area (Å²) in [7, 11) is 2.81. The fourth-order valence-electron chi connectivity index (χ4n) is 1.50. The van der Waals surface area contributed by atoms with Crippen molar-refractivity contribution < 1.29 is 0 Å². The third-order valence-electron chi connectivity index (χ3n) is 2.35. The second-order valence-corrected chi connectivity index (χ2v) is 4.13. The van der Waals surface area contributed by atoms with Crippen LogP contribution < -0.4 is 5.30 Å². The Hall–Kier alpha value is 0.130. The maximum Gasteiger partial charge on any atom is -0.0271 e. The van der Waals surface area contributed by atoms with Crippen LogP contribution in [0.5, 0.6) is 0 Å². The van der Waals surface area contributed by atoms with E-state index in [4.69, 9.17) is 0 Å². The van der Waals surface area contributed by atoms with Crippen molar-refractivity contribution in [3.63, 3.8) is 0 Å². The topological polar surface area (TPSA) is 0 Å². The molecule has 1 aromatic carbocycles. The molecule has 1 unspecified atom stereocenters. The van der Waals surface area contributed by atoms with Gasteiger partial charge in [0.15, 0.2) is 0 Å². The molecule has 0 aliphatic heterocycles. The van der Waals surface area contributed by atoms with E-state index in [1.807, 2.05) is 0 Å². The molecule has 0 radical (unpaired) electrons. The van der Waals surface area contributed by atoms with Gasteiger partial charge < -0.3 is 0 Å². The lowest BCUT2D eigenvalue weighted by Crippen LogP contribution is -2.00. The zero-order valence-electron chi connectivity index (χ0n) is 8.83. The second-order valence-electron chi connectivity index (χ2n) is 3.51. The number of hydrogen-bond donors (Lipinski definition) is 0. The fourth-order valence-corrected chi connectivity index (χ4v) is 1.86. The van der Waals surface area contributed by atoms with Gasteiger partial charge in [0.05, 0.1) is 0 Å². The lowest BCUT2D eigenvalue weighted by molar-refractivity contribution is 0.668. The van der Waals surface area contributed by atoms with Gasteiger partial charge in [-0.15, -0.1) is 26.2 Å². The van der Waals surface area contributed by atoms with Crippen molar-refractivity contribution in [2.24, 2.45) is 0 Å². The first-order valence-corrected chi connectivity index (χ1v) is 5.75. The van der Waals surface area contributed by atoms with Gasteiger partial charge in [0.25, 0.3) is 0 Å². The summed E-state index contributed by atoms with van der Waals surface area (Å²) in [5, 5.41) is 1.36. The lowest BCUT2D eigenvalue weighted by atomic mass is 10.1. The minimum Gasteiger partial charge on any atom is -0.114 e. The van der Waals surface area contributed by atoms with E-state index < -0.39 is 0 Å². The van der Waals surface area contributed by atoms with Gasteiger partial charge in [-0.3, -0.25) is 0 Å². The number of benzene rings is 1. The van der Waals surface area contributed by atoms with Crippen molar-refractivity contribution in [3.05, 3.63) is 29.8 Å². The molecule has 0 amide bonds. The molecule has 1 atom stereocenters. The van der Waals surface area contributed by atoms with Crippen LogP contribution in [0.3, 0.4) is 0 Å². The van der Waals surface area contributed by atoms with Crippen LogP contribution in [0.4, 0.5) is 0 Å². The van der Waals surface area contributed by atoms with Crippen molar-refractivity contribution >= 4 is 31.5 Å². The van der Waals surface area contributed by atoms with E-state index in [0.717, 1.165) is 0 Å². The predicted molar refractivity (Wildman–Crippen MR) is 74.0 cm³/mol. The Kier molecular flexibility index (Phi) is 8.52. The Bertz CT molecular complexity index is 248. The van der Waals surface area contributed by atoms with Gasteiger partial charge in [0.2, 0.25) is 0 Å². The average molecular weight is 275 g/mol. The highest BCUT2D eigenvalue weighted by molar-refractivity contribution is 8.93. The van der Waals surface area contributed by atoms with Crippen LogP contribution in [-0.2, 0) is 6.42 Å². The molecule has 0 nitrogen and oxygen atoms in total. The van der Waals surface area contributed by atoms with Crippen LogP contribution in [0.25, 0.3) is 0 Å². The summed E-state index contributed by atoms with van der Waals surface area (Å²) in [5.41, 5.74) is 1.49. The van der Waals surface area contributed by atoms with E-state index in [1.165, 1.54) is 43.0 Å². The first-order valence-electron chi connectivity index (χ1n) is 5.18. The first-order chi connectivity index (χ1) is 6.34. The molecule has 0 fully saturated rings. The number of halogens is 1. The van der Waals surface area contributed by atoms with Crippen LogP contribution in [0.15, 0.2) is 24.3 Å². The Morgan fingerprint density at radius 1 is 1.07 bits per heavy atom. The molecule has 1 aromatic rings. The van der Waals surface area contributed by atoms with Gasteiger partial charge in [-0.2, -0.15) is 0 Å². The van der Waals surface area contributed by atoms with E-state index in [-0.39, 0.29) is 17.0 Å². The lowest BCUT2D eigenvalue weighted by Gasteiger charge is -2.04. The summed E-state index contributed by atoms with van der Waals surface area (Å²) in [6.45, 7) is 2.25.